The largest absolute Gasteiger partial charge is 0.384 e. The zero-order valence-corrected chi connectivity index (χ0v) is 7.84. The number of hydrogen-bond acceptors (Lipinski definition) is 2. The Morgan fingerprint density at radius 3 is 2.64 bits per heavy atom. The third-order valence-electron chi connectivity index (χ3n) is 1.30. The van der Waals surface area contributed by atoms with Crippen molar-refractivity contribution in [3.8, 4) is 0 Å². The van der Waals surface area contributed by atoms with Crippen LogP contribution >= 0.6 is 24.0 Å². The summed E-state index contributed by atoms with van der Waals surface area (Å²) in [6, 6.07) is 8.03. The van der Waals surface area contributed by atoms with E-state index >= 15 is 0 Å². The van der Waals surface area contributed by atoms with Crippen LogP contribution in [0.1, 0.15) is 5.56 Å². The predicted octanol–water partition coefficient (Wildman–Crippen LogP) is 2.33. The maximum atomic E-state index is 5.39. The molecular formula is C8H9NS2. The van der Waals surface area contributed by atoms with Gasteiger partial charge in [-0.3, -0.25) is 0 Å². The Kier molecular flexibility index (Phi) is 2.91. The molecule has 0 aliphatic carbocycles. The van der Waals surface area contributed by atoms with Crippen LogP contribution in [0.4, 0.5) is 0 Å². The molecule has 0 aliphatic heterocycles. The molecule has 0 heterocycles. The highest BCUT2D eigenvalue weighted by atomic mass is 32.2. The van der Waals surface area contributed by atoms with Gasteiger partial charge in [0, 0.05) is 4.90 Å². The smallest absolute Gasteiger partial charge is 0.136 e. The van der Waals surface area contributed by atoms with Crippen molar-refractivity contribution < 1.29 is 0 Å². The quantitative estimate of drug-likeness (QED) is 0.534. The van der Waals surface area contributed by atoms with Crippen LogP contribution in [0.15, 0.2) is 29.2 Å². The van der Waals surface area contributed by atoms with Crippen molar-refractivity contribution in [1.82, 2.24) is 0 Å². The Bertz CT molecular complexity index is 271. The second kappa shape index (κ2) is 3.74. The van der Waals surface area contributed by atoms with Gasteiger partial charge in [-0.1, -0.05) is 42.2 Å². The molecule has 0 spiro atoms. The highest BCUT2D eigenvalue weighted by Crippen LogP contribution is 2.21. The van der Waals surface area contributed by atoms with Crippen LogP contribution in [0.25, 0.3) is 0 Å². The van der Waals surface area contributed by atoms with E-state index in [1.807, 2.05) is 31.2 Å². The monoisotopic (exact) mass is 183 g/mol. The van der Waals surface area contributed by atoms with Crippen molar-refractivity contribution in [2.24, 2.45) is 5.73 Å². The number of thioether (sulfide) groups is 1. The number of thiocarbonyl (C=S) groups is 1. The minimum atomic E-state index is 0.472. The zero-order valence-electron chi connectivity index (χ0n) is 6.20. The summed E-state index contributed by atoms with van der Waals surface area (Å²) in [5, 5.41) is 0. The van der Waals surface area contributed by atoms with Crippen molar-refractivity contribution in [2.75, 3.05) is 0 Å². The van der Waals surface area contributed by atoms with E-state index in [2.05, 4.69) is 0 Å². The fourth-order valence-corrected chi connectivity index (χ4v) is 1.64. The highest BCUT2D eigenvalue weighted by molar-refractivity contribution is 8.23. The number of hydrogen-bond donors (Lipinski definition) is 1. The normalized spacial score (nSPS) is 9.55. The maximum absolute atomic E-state index is 5.39. The topological polar surface area (TPSA) is 26.0 Å². The van der Waals surface area contributed by atoms with Gasteiger partial charge in [0.15, 0.2) is 0 Å². The molecule has 0 unspecified atom stereocenters. The number of rotatable bonds is 1. The second-order valence-electron chi connectivity index (χ2n) is 2.19. The molecule has 1 rings (SSSR count). The second-order valence-corrected chi connectivity index (χ2v) is 3.97. The van der Waals surface area contributed by atoms with E-state index in [1.165, 1.54) is 17.3 Å². The van der Waals surface area contributed by atoms with Crippen LogP contribution in [-0.4, -0.2) is 4.32 Å². The van der Waals surface area contributed by atoms with Gasteiger partial charge in [-0.05, 0) is 18.6 Å². The average molecular weight is 183 g/mol. The molecule has 0 aromatic heterocycles. The summed E-state index contributed by atoms with van der Waals surface area (Å²) in [5.41, 5.74) is 6.60. The van der Waals surface area contributed by atoms with Gasteiger partial charge in [-0.15, -0.1) is 0 Å². The van der Waals surface area contributed by atoms with E-state index in [4.69, 9.17) is 18.0 Å². The van der Waals surface area contributed by atoms with Crippen molar-refractivity contribution in [2.45, 2.75) is 11.8 Å². The predicted molar refractivity (Wildman–Crippen MR) is 53.8 cm³/mol. The van der Waals surface area contributed by atoms with Crippen LogP contribution < -0.4 is 5.73 Å². The van der Waals surface area contributed by atoms with Crippen LogP contribution in [0.2, 0.25) is 0 Å². The Morgan fingerprint density at radius 2 is 2.09 bits per heavy atom. The van der Waals surface area contributed by atoms with Gasteiger partial charge >= 0.3 is 0 Å². The lowest BCUT2D eigenvalue weighted by Gasteiger charge is -2.01. The molecule has 0 aliphatic rings. The Hall–Kier alpha value is -0.540. The standard InChI is InChI=1S/C8H9NS2/c1-6-4-2-3-5-7(6)11-8(9)10/h2-5H,1H3,(H2,9,10). The molecule has 0 atom stereocenters. The number of aryl methyl sites for hydroxylation is 1. The molecule has 2 N–H and O–H groups in total. The Balaban J connectivity index is 2.86. The van der Waals surface area contributed by atoms with Gasteiger partial charge in [0.2, 0.25) is 0 Å². The molecule has 0 saturated heterocycles. The van der Waals surface area contributed by atoms with Crippen molar-refractivity contribution >= 4 is 28.3 Å². The first kappa shape index (κ1) is 8.56. The fourth-order valence-electron chi connectivity index (χ4n) is 0.779. The molecule has 58 valence electrons. The molecule has 0 radical (unpaired) electrons. The first-order valence-electron chi connectivity index (χ1n) is 3.23. The van der Waals surface area contributed by atoms with Crippen molar-refractivity contribution in [1.29, 1.82) is 0 Å². The molecule has 1 aromatic carbocycles. The summed E-state index contributed by atoms with van der Waals surface area (Å²) in [5.74, 6) is 0. The summed E-state index contributed by atoms with van der Waals surface area (Å²) in [7, 11) is 0. The van der Waals surface area contributed by atoms with Gasteiger partial charge in [-0.2, -0.15) is 0 Å². The Morgan fingerprint density at radius 1 is 1.45 bits per heavy atom. The molecule has 1 aromatic rings. The Labute approximate surface area is 76.0 Å². The van der Waals surface area contributed by atoms with Gasteiger partial charge in [-0.25, -0.2) is 0 Å². The lowest BCUT2D eigenvalue weighted by atomic mass is 10.2. The molecule has 1 nitrogen and oxygen atoms in total. The summed E-state index contributed by atoms with van der Waals surface area (Å²) in [4.78, 5) is 1.14. The third-order valence-corrected chi connectivity index (χ3v) is 2.43. The van der Waals surface area contributed by atoms with Gasteiger partial charge in [0.1, 0.15) is 4.32 Å². The van der Waals surface area contributed by atoms with Crippen LogP contribution in [0.5, 0.6) is 0 Å². The average Bonchev–Trinajstić information content (AvgIpc) is 1.93. The molecule has 0 fully saturated rings. The first-order valence-corrected chi connectivity index (χ1v) is 4.45. The van der Waals surface area contributed by atoms with E-state index in [0.717, 1.165) is 4.90 Å². The minimum absolute atomic E-state index is 0.472. The molecule has 0 saturated carbocycles. The van der Waals surface area contributed by atoms with E-state index in [1.54, 1.807) is 0 Å². The number of benzene rings is 1. The van der Waals surface area contributed by atoms with E-state index in [9.17, 15) is 0 Å². The van der Waals surface area contributed by atoms with Crippen molar-refractivity contribution in [3.63, 3.8) is 0 Å². The summed E-state index contributed by atoms with van der Waals surface area (Å²) >= 11 is 6.21. The van der Waals surface area contributed by atoms with Crippen LogP contribution in [-0.2, 0) is 0 Å². The van der Waals surface area contributed by atoms with Crippen LogP contribution in [0, 0.1) is 6.92 Å². The highest BCUT2D eigenvalue weighted by Gasteiger charge is 1.97. The lowest BCUT2D eigenvalue weighted by Crippen LogP contribution is -2.01. The van der Waals surface area contributed by atoms with E-state index in [-0.39, 0.29) is 0 Å². The minimum Gasteiger partial charge on any atom is -0.384 e. The van der Waals surface area contributed by atoms with E-state index < -0.39 is 0 Å². The van der Waals surface area contributed by atoms with Crippen LogP contribution in [0.3, 0.4) is 0 Å². The summed E-state index contributed by atoms with van der Waals surface area (Å²) in [6.45, 7) is 2.04. The maximum Gasteiger partial charge on any atom is 0.136 e. The lowest BCUT2D eigenvalue weighted by molar-refractivity contribution is 1.31. The molecule has 0 bridgehead atoms. The zero-order chi connectivity index (χ0) is 8.27. The third kappa shape index (κ3) is 2.52. The van der Waals surface area contributed by atoms with Gasteiger partial charge in [0.25, 0.3) is 0 Å². The number of nitrogens with two attached hydrogens (primary N) is 1. The summed E-state index contributed by atoms with van der Waals surface area (Å²) in [6.07, 6.45) is 0. The van der Waals surface area contributed by atoms with Crippen molar-refractivity contribution in [3.05, 3.63) is 29.8 Å². The molecule has 11 heavy (non-hydrogen) atoms. The van der Waals surface area contributed by atoms with Gasteiger partial charge in [0.05, 0.1) is 0 Å². The fraction of sp³-hybridized carbons (Fsp3) is 0.125. The molecular weight excluding hydrogens is 174 g/mol. The first-order chi connectivity index (χ1) is 5.20. The molecule has 3 heteroatoms. The van der Waals surface area contributed by atoms with Gasteiger partial charge < -0.3 is 5.73 Å². The SMILES string of the molecule is Cc1ccccc1SC(N)=S. The summed E-state index contributed by atoms with van der Waals surface area (Å²) < 4.78 is 0.472. The molecule has 0 amide bonds. The van der Waals surface area contributed by atoms with E-state index in [0.29, 0.717) is 4.32 Å².